The summed E-state index contributed by atoms with van der Waals surface area (Å²) in [6, 6.07) is 8.04. The van der Waals surface area contributed by atoms with E-state index in [1.54, 1.807) is 28.2 Å². The summed E-state index contributed by atoms with van der Waals surface area (Å²) in [6.45, 7) is 7.97. The third-order valence-electron chi connectivity index (χ3n) is 1.84. The maximum absolute atomic E-state index is 4.11. The molecule has 0 aliphatic rings. The molecular formula is C16H28N4Ti. The molecule has 0 amide bonds. The second-order valence-corrected chi connectivity index (χ2v) is 4.35. The van der Waals surface area contributed by atoms with Gasteiger partial charge in [0, 0.05) is 0 Å². The maximum Gasteiger partial charge on any atom is 4.00 e. The third kappa shape index (κ3) is 19.2. The van der Waals surface area contributed by atoms with Crippen LogP contribution < -0.4 is 0 Å². The fraction of sp³-hybridized carbons (Fsp3) is 0.500. The van der Waals surface area contributed by atoms with Gasteiger partial charge in [-0.1, -0.05) is 39.1 Å². The normalized spacial score (nSPS) is 8.00. The molecule has 0 saturated heterocycles. The molecule has 0 unspecified atom stereocenters. The Balaban J connectivity index is -0.000000220. The topological polar surface area (TPSA) is 54.0 Å². The van der Waals surface area contributed by atoms with Crippen LogP contribution in [0.4, 0.5) is 0 Å². The van der Waals surface area contributed by atoms with E-state index in [0.29, 0.717) is 0 Å². The quantitative estimate of drug-likeness (QED) is 0.542. The Kier molecular flexibility index (Phi) is 20.7. The predicted octanol–water partition coefficient (Wildman–Crippen LogP) is 4.07. The third-order valence-corrected chi connectivity index (χ3v) is 1.84. The molecule has 0 spiro atoms. The van der Waals surface area contributed by atoms with Crippen molar-refractivity contribution in [3.8, 4) is 0 Å². The number of hydrogen-bond acceptors (Lipinski definition) is 2. The van der Waals surface area contributed by atoms with E-state index >= 15 is 0 Å². The van der Waals surface area contributed by atoms with Crippen LogP contribution in [0.15, 0.2) is 24.3 Å². The molecule has 21 heavy (non-hydrogen) atoms. The average molecular weight is 324 g/mol. The van der Waals surface area contributed by atoms with E-state index < -0.39 is 0 Å². The van der Waals surface area contributed by atoms with Gasteiger partial charge >= 0.3 is 21.7 Å². The molecule has 0 aliphatic carbocycles. The van der Waals surface area contributed by atoms with Crippen molar-refractivity contribution in [2.45, 2.75) is 27.7 Å². The summed E-state index contributed by atoms with van der Waals surface area (Å²) in [4.78, 5) is 8.22. The van der Waals surface area contributed by atoms with Gasteiger partial charge in [-0.2, -0.15) is 52.5 Å². The van der Waals surface area contributed by atoms with Crippen molar-refractivity contribution in [2.75, 3.05) is 28.2 Å². The first kappa shape index (κ1) is 25.2. The van der Waals surface area contributed by atoms with E-state index in [-0.39, 0.29) is 21.7 Å². The smallest absolute Gasteiger partial charge is 0.668 e. The van der Waals surface area contributed by atoms with Crippen molar-refractivity contribution in [2.24, 2.45) is 0 Å². The van der Waals surface area contributed by atoms with Gasteiger partial charge in [-0.05, 0) is 0 Å². The Hall–Kier alpha value is -0.806. The SMILES string of the molecule is C[N-]C.C[N-]C.Cc1cc[c-](C)n1.Cc1cc[c-](C)n1.[Ti+4]. The van der Waals surface area contributed by atoms with Gasteiger partial charge in [0.25, 0.3) is 0 Å². The van der Waals surface area contributed by atoms with E-state index in [4.69, 9.17) is 0 Å². The minimum absolute atomic E-state index is 0. The molecule has 116 valence electrons. The molecular weight excluding hydrogens is 296 g/mol. The van der Waals surface area contributed by atoms with Crippen molar-refractivity contribution >= 4 is 0 Å². The standard InChI is InChI=1S/2C6H8N.2C2H6N.Ti/c2*1-5-3-4-6(2)7-5;2*1-3-2;/h2*3-4H,1-2H3;2*1-2H3;/q4*-1;+4. The fourth-order valence-corrected chi connectivity index (χ4v) is 1.19. The van der Waals surface area contributed by atoms with Crippen LogP contribution in [-0.2, 0) is 21.7 Å². The van der Waals surface area contributed by atoms with E-state index in [2.05, 4.69) is 20.6 Å². The molecule has 5 heteroatoms. The summed E-state index contributed by atoms with van der Waals surface area (Å²) in [6.07, 6.45) is 0. The van der Waals surface area contributed by atoms with Gasteiger partial charge in [-0.15, -0.1) is 11.4 Å². The Morgan fingerprint density at radius 3 is 1.05 bits per heavy atom. The predicted molar refractivity (Wildman–Crippen MR) is 89.0 cm³/mol. The molecule has 0 radical (unpaired) electrons. The molecule has 2 aromatic heterocycles. The Labute approximate surface area is 145 Å². The number of aromatic nitrogens is 2. The van der Waals surface area contributed by atoms with Crippen molar-refractivity contribution < 1.29 is 21.7 Å². The zero-order valence-electron chi connectivity index (χ0n) is 14.6. The molecule has 2 rings (SSSR count). The Morgan fingerprint density at radius 1 is 0.762 bits per heavy atom. The minimum atomic E-state index is 0. The van der Waals surface area contributed by atoms with Crippen LogP contribution in [0.1, 0.15) is 22.8 Å². The summed E-state index contributed by atoms with van der Waals surface area (Å²) in [5.74, 6) is 0. The molecule has 0 saturated carbocycles. The van der Waals surface area contributed by atoms with Gasteiger partial charge in [0.15, 0.2) is 0 Å². The second-order valence-electron chi connectivity index (χ2n) is 4.35. The summed E-state index contributed by atoms with van der Waals surface area (Å²) >= 11 is 0. The number of rotatable bonds is 0. The van der Waals surface area contributed by atoms with Crippen LogP contribution in [0.2, 0.25) is 0 Å². The summed E-state index contributed by atoms with van der Waals surface area (Å²) in [5.41, 5.74) is 4.44. The van der Waals surface area contributed by atoms with Crippen LogP contribution in [0.25, 0.3) is 10.6 Å². The number of nitrogens with zero attached hydrogens (tertiary/aromatic N) is 4. The summed E-state index contributed by atoms with van der Waals surface area (Å²) in [5, 5.41) is 7.00. The van der Waals surface area contributed by atoms with Gasteiger partial charge in [0.05, 0.1) is 0 Å². The second kappa shape index (κ2) is 17.2. The molecule has 2 heterocycles. The van der Waals surface area contributed by atoms with Crippen molar-refractivity contribution in [1.82, 2.24) is 9.97 Å². The average Bonchev–Trinajstić information content (AvgIpc) is 2.90. The fourth-order valence-electron chi connectivity index (χ4n) is 1.19. The van der Waals surface area contributed by atoms with Gasteiger partial charge in [-0.25, -0.2) is 0 Å². The van der Waals surface area contributed by atoms with E-state index in [1.807, 2.05) is 52.0 Å². The van der Waals surface area contributed by atoms with Gasteiger partial charge < -0.3 is 20.6 Å². The van der Waals surface area contributed by atoms with Crippen LogP contribution in [-0.4, -0.2) is 38.2 Å². The van der Waals surface area contributed by atoms with Crippen molar-refractivity contribution in [3.05, 3.63) is 57.7 Å². The zero-order valence-corrected chi connectivity index (χ0v) is 16.2. The van der Waals surface area contributed by atoms with Crippen LogP contribution >= 0.6 is 0 Å². The maximum atomic E-state index is 4.11. The van der Waals surface area contributed by atoms with Crippen LogP contribution in [0.3, 0.4) is 0 Å². The monoisotopic (exact) mass is 324 g/mol. The van der Waals surface area contributed by atoms with Crippen molar-refractivity contribution in [1.29, 1.82) is 0 Å². The van der Waals surface area contributed by atoms with E-state index in [0.717, 1.165) is 22.8 Å². The zero-order chi connectivity index (χ0) is 16.0. The van der Waals surface area contributed by atoms with Crippen molar-refractivity contribution in [3.63, 3.8) is 0 Å². The molecule has 0 atom stereocenters. The molecule has 4 nitrogen and oxygen atoms in total. The largest absolute Gasteiger partial charge is 4.00 e. The van der Waals surface area contributed by atoms with Gasteiger partial charge in [0.1, 0.15) is 0 Å². The summed E-state index contributed by atoms with van der Waals surface area (Å²) < 4.78 is 0. The van der Waals surface area contributed by atoms with Crippen LogP contribution in [0, 0.1) is 27.7 Å². The van der Waals surface area contributed by atoms with E-state index in [9.17, 15) is 0 Å². The molecule has 0 fully saturated rings. The molecule has 0 aromatic carbocycles. The molecule has 0 bridgehead atoms. The van der Waals surface area contributed by atoms with Gasteiger partial charge in [-0.3, -0.25) is 0 Å². The van der Waals surface area contributed by atoms with Gasteiger partial charge in [0.2, 0.25) is 0 Å². The first-order valence-corrected chi connectivity index (χ1v) is 6.50. The van der Waals surface area contributed by atoms with E-state index in [1.165, 1.54) is 0 Å². The first-order valence-electron chi connectivity index (χ1n) is 6.50. The molecule has 2 aromatic rings. The summed E-state index contributed by atoms with van der Waals surface area (Å²) in [7, 11) is 7.00. The van der Waals surface area contributed by atoms with Crippen LogP contribution in [0.5, 0.6) is 0 Å². The molecule has 0 N–H and O–H groups in total. The first-order chi connectivity index (χ1) is 9.40. The number of aryl methyl sites for hydroxylation is 4. The molecule has 0 aliphatic heterocycles. The Morgan fingerprint density at radius 2 is 1.00 bits per heavy atom. The minimum Gasteiger partial charge on any atom is -0.668 e. The Bertz CT molecular complexity index is 348. The number of hydrogen-bond donors (Lipinski definition) is 0.